The number of nitrogens with zero attached hydrogens (tertiary/aromatic N) is 2. The Morgan fingerprint density at radius 1 is 1.37 bits per heavy atom. The topological polar surface area (TPSA) is 98.2 Å². The zero-order valence-corrected chi connectivity index (χ0v) is 17.8. The summed E-state index contributed by atoms with van der Waals surface area (Å²) >= 11 is 1.79. The standard InChI is InChI=1S/C18H21BrFN3O3S/c1-17(2,3)27(26)23-18(4,13-7-11(19)5-6-14(13)20)8-15-12(16(24)25)9-21-10-22-15/h5-7,9-10,23H,8H2,1-4H3,(H,24,25)/t18-,27?/m0/s1. The summed E-state index contributed by atoms with van der Waals surface area (Å²) < 4.78 is 30.5. The number of hydrogen-bond acceptors (Lipinski definition) is 5. The Morgan fingerprint density at radius 3 is 2.63 bits per heavy atom. The van der Waals surface area contributed by atoms with Gasteiger partial charge in [0.05, 0.1) is 16.8 Å². The van der Waals surface area contributed by atoms with E-state index in [1.54, 1.807) is 39.8 Å². The maximum absolute atomic E-state index is 14.7. The maximum Gasteiger partial charge on any atom is 0.339 e. The molecule has 1 aromatic heterocycles. The molecule has 1 unspecified atom stereocenters. The lowest BCUT2D eigenvalue weighted by Gasteiger charge is -2.35. The second-order valence-corrected chi connectivity index (χ2v) is 10.2. The van der Waals surface area contributed by atoms with Crippen LogP contribution in [0.25, 0.3) is 0 Å². The molecule has 0 fully saturated rings. The van der Waals surface area contributed by atoms with Crippen LogP contribution >= 0.6 is 15.9 Å². The average molecular weight is 458 g/mol. The van der Waals surface area contributed by atoms with Crippen LogP contribution in [0.3, 0.4) is 0 Å². The zero-order chi connectivity index (χ0) is 20.4. The highest BCUT2D eigenvalue weighted by atomic mass is 79.9. The second kappa shape index (κ2) is 8.22. The molecule has 2 N–H and O–H groups in total. The van der Waals surface area contributed by atoms with Crippen LogP contribution in [0.15, 0.2) is 35.2 Å². The number of carbonyl (C=O) groups is 1. The molecule has 0 aliphatic carbocycles. The first-order valence-corrected chi connectivity index (χ1v) is 10.1. The number of benzene rings is 1. The molecule has 27 heavy (non-hydrogen) atoms. The largest absolute Gasteiger partial charge is 0.598 e. The summed E-state index contributed by atoms with van der Waals surface area (Å²) in [6, 6.07) is 4.45. The third kappa shape index (κ3) is 5.25. The monoisotopic (exact) mass is 457 g/mol. The molecular formula is C18H21BrFN3O3S. The Bertz CT molecular complexity index is 847. The highest BCUT2D eigenvalue weighted by Crippen LogP contribution is 2.32. The van der Waals surface area contributed by atoms with Crippen molar-refractivity contribution in [3.8, 4) is 0 Å². The Hall–Kier alpha value is -1.55. The van der Waals surface area contributed by atoms with Crippen molar-refractivity contribution in [2.45, 2.75) is 44.4 Å². The normalized spacial score (nSPS) is 15.2. The summed E-state index contributed by atoms with van der Waals surface area (Å²) in [6.07, 6.45) is 2.44. The second-order valence-electron chi connectivity index (χ2n) is 7.30. The van der Waals surface area contributed by atoms with Crippen LogP contribution in [-0.4, -0.2) is 30.3 Å². The van der Waals surface area contributed by atoms with Gasteiger partial charge in [0.15, 0.2) is 0 Å². The van der Waals surface area contributed by atoms with Crippen LogP contribution in [0.1, 0.15) is 49.3 Å². The van der Waals surface area contributed by atoms with Crippen molar-refractivity contribution < 1.29 is 18.8 Å². The van der Waals surface area contributed by atoms with E-state index in [4.69, 9.17) is 0 Å². The Labute approximate surface area is 169 Å². The predicted molar refractivity (Wildman–Crippen MR) is 105 cm³/mol. The van der Waals surface area contributed by atoms with Gasteiger partial charge in [0.1, 0.15) is 16.9 Å². The van der Waals surface area contributed by atoms with Gasteiger partial charge in [-0.1, -0.05) is 15.9 Å². The van der Waals surface area contributed by atoms with Gasteiger partial charge in [0.25, 0.3) is 0 Å². The molecule has 2 rings (SSSR count). The number of carboxylic acid groups (broad SMARTS) is 1. The van der Waals surface area contributed by atoms with E-state index in [1.807, 2.05) is 0 Å². The number of rotatable bonds is 6. The van der Waals surface area contributed by atoms with E-state index in [0.717, 1.165) is 0 Å². The van der Waals surface area contributed by atoms with Crippen molar-refractivity contribution in [2.24, 2.45) is 0 Å². The van der Waals surface area contributed by atoms with Crippen LogP contribution in [0.4, 0.5) is 4.39 Å². The fourth-order valence-corrected chi connectivity index (χ4v) is 3.73. The highest BCUT2D eigenvalue weighted by Gasteiger charge is 2.40. The molecule has 0 radical (unpaired) electrons. The van der Waals surface area contributed by atoms with Crippen molar-refractivity contribution in [2.75, 3.05) is 0 Å². The minimum atomic E-state index is -1.54. The lowest BCUT2D eigenvalue weighted by atomic mass is 9.87. The minimum absolute atomic E-state index is 0.00630. The first kappa shape index (κ1) is 21.7. The molecule has 2 aromatic rings. The average Bonchev–Trinajstić information content (AvgIpc) is 2.56. The molecule has 0 saturated heterocycles. The van der Waals surface area contributed by atoms with Gasteiger partial charge in [0, 0.05) is 34.0 Å². The molecule has 6 nitrogen and oxygen atoms in total. The van der Waals surface area contributed by atoms with Crippen LogP contribution in [0.5, 0.6) is 0 Å². The van der Waals surface area contributed by atoms with E-state index < -0.39 is 33.4 Å². The van der Waals surface area contributed by atoms with Crippen molar-refractivity contribution >= 4 is 33.3 Å². The Kier molecular flexibility index (Phi) is 6.62. The van der Waals surface area contributed by atoms with Crippen LogP contribution in [0, 0.1) is 5.82 Å². The molecule has 1 aromatic carbocycles. The summed E-state index contributed by atoms with van der Waals surface area (Å²) in [5.74, 6) is -1.68. The van der Waals surface area contributed by atoms with Gasteiger partial charge in [-0.3, -0.25) is 0 Å². The number of aromatic nitrogens is 2. The smallest absolute Gasteiger partial charge is 0.339 e. The van der Waals surface area contributed by atoms with E-state index in [-0.39, 0.29) is 23.2 Å². The molecule has 0 bridgehead atoms. The van der Waals surface area contributed by atoms with Crippen LogP contribution in [-0.2, 0) is 23.3 Å². The minimum Gasteiger partial charge on any atom is -0.598 e. The van der Waals surface area contributed by atoms with Crippen LogP contribution < -0.4 is 4.72 Å². The highest BCUT2D eigenvalue weighted by molar-refractivity contribution is 9.10. The molecule has 0 aliphatic rings. The Balaban J connectivity index is 2.57. The quantitative estimate of drug-likeness (QED) is 0.643. The van der Waals surface area contributed by atoms with Gasteiger partial charge in [0.2, 0.25) is 0 Å². The molecule has 9 heteroatoms. The molecule has 0 amide bonds. The first-order chi connectivity index (χ1) is 12.4. The molecular weight excluding hydrogens is 437 g/mol. The summed E-state index contributed by atoms with van der Waals surface area (Å²) in [4.78, 5) is 19.3. The van der Waals surface area contributed by atoms with Crippen LogP contribution in [0.2, 0.25) is 0 Å². The number of carboxylic acids is 1. The molecule has 0 spiro atoms. The van der Waals surface area contributed by atoms with Gasteiger partial charge in [-0.15, -0.1) is 4.72 Å². The van der Waals surface area contributed by atoms with Gasteiger partial charge < -0.3 is 9.66 Å². The van der Waals surface area contributed by atoms with E-state index in [1.165, 1.54) is 18.6 Å². The summed E-state index contributed by atoms with van der Waals surface area (Å²) in [5.41, 5.74) is -0.783. The SMILES string of the molecule is CC(C)(C)[S+]([O-])N[C@@](C)(Cc1ncncc1C(=O)O)c1cc(Br)ccc1F. The van der Waals surface area contributed by atoms with E-state index in [9.17, 15) is 18.8 Å². The van der Waals surface area contributed by atoms with E-state index >= 15 is 0 Å². The molecule has 2 atom stereocenters. The van der Waals surface area contributed by atoms with Gasteiger partial charge in [-0.05, 0) is 45.9 Å². The fourth-order valence-electron chi connectivity index (χ4n) is 2.47. The number of aromatic carboxylic acids is 1. The summed E-state index contributed by atoms with van der Waals surface area (Å²) in [6.45, 7) is 7.05. The first-order valence-electron chi connectivity index (χ1n) is 8.11. The molecule has 146 valence electrons. The third-order valence-corrected chi connectivity index (χ3v) is 6.18. The zero-order valence-electron chi connectivity index (χ0n) is 15.4. The summed E-state index contributed by atoms with van der Waals surface area (Å²) in [5, 5.41) is 9.40. The fraction of sp³-hybridized carbons (Fsp3) is 0.389. The lowest BCUT2D eigenvalue weighted by Crippen LogP contribution is -2.51. The van der Waals surface area contributed by atoms with Gasteiger partial charge >= 0.3 is 5.97 Å². The van der Waals surface area contributed by atoms with Gasteiger partial charge in [-0.25, -0.2) is 19.2 Å². The van der Waals surface area contributed by atoms with E-state index in [2.05, 4.69) is 30.6 Å². The van der Waals surface area contributed by atoms with Crippen molar-refractivity contribution in [3.63, 3.8) is 0 Å². The predicted octanol–water partition coefficient (Wildman–Crippen LogP) is 3.59. The summed E-state index contributed by atoms with van der Waals surface area (Å²) in [7, 11) is 0. The number of nitrogens with one attached hydrogen (secondary N) is 1. The van der Waals surface area contributed by atoms with Crippen molar-refractivity contribution in [1.82, 2.24) is 14.7 Å². The van der Waals surface area contributed by atoms with Crippen molar-refractivity contribution in [1.29, 1.82) is 0 Å². The molecule has 0 saturated carbocycles. The molecule has 1 heterocycles. The van der Waals surface area contributed by atoms with Gasteiger partial charge in [-0.2, -0.15) is 0 Å². The maximum atomic E-state index is 14.7. The number of hydrogen-bond donors (Lipinski definition) is 2. The lowest BCUT2D eigenvalue weighted by molar-refractivity contribution is 0.0694. The number of halogens is 2. The Morgan fingerprint density at radius 2 is 2.04 bits per heavy atom. The molecule has 0 aliphatic heterocycles. The third-order valence-electron chi connectivity index (χ3n) is 3.94. The van der Waals surface area contributed by atoms with Crippen molar-refractivity contribution in [3.05, 3.63) is 57.8 Å². The van der Waals surface area contributed by atoms with E-state index in [0.29, 0.717) is 4.47 Å².